The van der Waals surface area contributed by atoms with Gasteiger partial charge in [0.25, 0.3) is 0 Å². The van der Waals surface area contributed by atoms with Crippen LogP contribution in [0.15, 0.2) is 0 Å². The normalized spacial score (nSPS) is 7.50. The molecule has 0 spiro atoms. The largest absolute Gasteiger partial charge is 0.0656 e. The van der Waals surface area contributed by atoms with Crippen molar-refractivity contribution in [3.63, 3.8) is 0 Å². The Balaban J connectivity index is -0.000000115. The fourth-order valence-electron chi connectivity index (χ4n) is 0.500. The van der Waals surface area contributed by atoms with E-state index in [9.17, 15) is 0 Å². The number of hydrogen-bond donors (Lipinski definition) is 0. The van der Waals surface area contributed by atoms with Gasteiger partial charge in [0.2, 0.25) is 0 Å². The molecule has 0 amide bonds. The van der Waals surface area contributed by atoms with Crippen molar-refractivity contribution in [2.24, 2.45) is 0 Å². The maximum atomic E-state index is 2.23. The van der Waals surface area contributed by atoms with E-state index in [1.165, 1.54) is 38.5 Å². The molecule has 78 valence electrons. The van der Waals surface area contributed by atoms with E-state index in [1.807, 2.05) is 0 Å². The van der Waals surface area contributed by atoms with Crippen molar-refractivity contribution < 1.29 is 0 Å². The molecule has 0 aromatic heterocycles. The average Bonchev–Trinajstić information content (AvgIpc) is 2.04. The third-order valence-corrected chi connectivity index (χ3v) is 0.957. The van der Waals surface area contributed by atoms with Crippen LogP contribution in [0.5, 0.6) is 0 Å². The van der Waals surface area contributed by atoms with Crippen LogP contribution in [0.25, 0.3) is 0 Å². The molecule has 0 aliphatic heterocycles. The minimum absolute atomic E-state index is 1.25. The molecule has 0 heteroatoms. The van der Waals surface area contributed by atoms with Crippen molar-refractivity contribution in [2.45, 2.75) is 80.1 Å². The van der Waals surface area contributed by atoms with Crippen LogP contribution in [0.1, 0.15) is 80.1 Å². The van der Waals surface area contributed by atoms with Gasteiger partial charge in [-0.25, -0.2) is 0 Å². The van der Waals surface area contributed by atoms with Crippen LogP contribution in [0.4, 0.5) is 0 Å². The van der Waals surface area contributed by atoms with Gasteiger partial charge in [0.1, 0.15) is 0 Å². The maximum Gasteiger partial charge on any atom is -0.0536 e. The molecule has 0 unspecified atom stereocenters. The van der Waals surface area contributed by atoms with E-state index in [4.69, 9.17) is 0 Å². The SMILES string of the molecule is CCC.CCC.CCCCCC. The Kier molecular flexibility index (Phi) is 45.6. The highest BCUT2D eigenvalue weighted by Gasteiger charge is 1.75. The molecule has 0 aliphatic carbocycles. The Labute approximate surface area is 80.8 Å². The van der Waals surface area contributed by atoms with Gasteiger partial charge in [0.05, 0.1) is 0 Å². The van der Waals surface area contributed by atoms with Crippen LogP contribution in [0.2, 0.25) is 0 Å². The van der Waals surface area contributed by atoms with E-state index in [2.05, 4.69) is 41.5 Å². The second-order valence-electron chi connectivity index (χ2n) is 3.12. The Morgan fingerprint density at radius 1 is 0.500 bits per heavy atom. The van der Waals surface area contributed by atoms with Crippen molar-refractivity contribution >= 4 is 0 Å². The topological polar surface area (TPSA) is 0 Å². The molecule has 0 saturated heterocycles. The highest BCUT2D eigenvalue weighted by molar-refractivity contribution is 4.31. The van der Waals surface area contributed by atoms with Crippen LogP contribution in [0.3, 0.4) is 0 Å². The van der Waals surface area contributed by atoms with Crippen LogP contribution >= 0.6 is 0 Å². The monoisotopic (exact) mass is 174 g/mol. The molecule has 0 radical (unpaired) electrons. The van der Waals surface area contributed by atoms with Crippen molar-refractivity contribution in [1.82, 2.24) is 0 Å². The van der Waals surface area contributed by atoms with Crippen molar-refractivity contribution in [1.29, 1.82) is 0 Å². The van der Waals surface area contributed by atoms with Gasteiger partial charge < -0.3 is 0 Å². The first-order chi connectivity index (χ1) is 5.74. The van der Waals surface area contributed by atoms with Crippen molar-refractivity contribution in [3.8, 4) is 0 Å². The molecule has 12 heavy (non-hydrogen) atoms. The highest BCUT2D eigenvalue weighted by Crippen LogP contribution is 1.95. The Hall–Kier alpha value is 0. The molecule has 0 atom stereocenters. The van der Waals surface area contributed by atoms with E-state index in [1.54, 1.807) is 0 Å². The summed E-state index contributed by atoms with van der Waals surface area (Å²) >= 11 is 0. The molecular formula is C12H30. The van der Waals surface area contributed by atoms with E-state index in [-0.39, 0.29) is 0 Å². The van der Waals surface area contributed by atoms with Gasteiger partial charge in [-0.3, -0.25) is 0 Å². The molecule has 0 aliphatic rings. The standard InChI is InChI=1S/C6H14.2C3H8/c1-3-5-6-4-2;2*1-3-2/h3-6H2,1-2H3;2*3H2,1-2H3. The van der Waals surface area contributed by atoms with Gasteiger partial charge in [-0.15, -0.1) is 0 Å². The highest BCUT2D eigenvalue weighted by atomic mass is 13.8. The summed E-state index contributed by atoms with van der Waals surface area (Å²) in [5, 5.41) is 0. The number of unbranched alkanes of at least 4 members (excludes halogenated alkanes) is 3. The third kappa shape index (κ3) is 90.0. The van der Waals surface area contributed by atoms with E-state index in [0.717, 1.165) is 0 Å². The minimum atomic E-state index is 1.25. The molecule has 0 heterocycles. The number of hydrogen-bond acceptors (Lipinski definition) is 0. The predicted octanol–water partition coefficient (Wildman–Crippen LogP) is 5.42. The molecule has 0 nitrogen and oxygen atoms in total. The summed E-state index contributed by atoms with van der Waals surface area (Å²) in [5.74, 6) is 0. The second kappa shape index (κ2) is 30.6. The first kappa shape index (κ1) is 17.9. The lowest BCUT2D eigenvalue weighted by Gasteiger charge is -1.86. The summed E-state index contributed by atoms with van der Waals surface area (Å²) in [6.45, 7) is 13.0. The smallest absolute Gasteiger partial charge is 0.0536 e. The van der Waals surface area contributed by atoms with Gasteiger partial charge in [0.15, 0.2) is 0 Å². The molecule has 0 N–H and O–H groups in total. The second-order valence-corrected chi connectivity index (χ2v) is 3.12. The summed E-state index contributed by atoms with van der Waals surface area (Å²) in [7, 11) is 0. The maximum absolute atomic E-state index is 2.23. The predicted molar refractivity (Wildman–Crippen MR) is 61.7 cm³/mol. The summed E-state index contributed by atoms with van der Waals surface area (Å²) in [4.78, 5) is 0. The first-order valence-electron chi connectivity index (χ1n) is 5.74. The van der Waals surface area contributed by atoms with E-state index in [0.29, 0.717) is 0 Å². The van der Waals surface area contributed by atoms with E-state index < -0.39 is 0 Å². The summed E-state index contributed by atoms with van der Waals surface area (Å²) in [6.07, 6.45) is 8.04. The fourth-order valence-corrected chi connectivity index (χ4v) is 0.500. The average molecular weight is 174 g/mol. The molecule has 0 saturated carbocycles. The molecule has 0 aromatic rings. The number of rotatable bonds is 3. The van der Waals surface area contributed by atoms with Gasteiger partial charge in [-0.2, -0.15) is 0 Å². The fraction of sp³-hybridized carbons (Fsp3) is 1.00. The molecule has 0 bridgehead atoms. The zero-order valence-electron chi connectivity index (χ0n) is 10.2. The molecule has 0 fully saturated rings. The summed E-state index contributed by atoms with van der Waals surface area (Å²) < 4.78 is 0. The minimum Gasteiger partial charge on any atom is -0.0656 e. The van der Waals surface area contributed by atoms with Crippen molar-refractivity contribution in [2.75, 3.05) is 0 Å². The Morgan fingerprint density at radius 2 is 0.667 bits per heavy atom. The van der Waals surface area contributed by atoms with Gasteiger partial charge >= 0.3 is 0 Å². The molecular weight excluding hydrogens is 144 g/mol. The third-order valence-electron chi connectivity index (χ3n) is 0.957. The van der Waals surface area contributed by atoms with Gasteiger partial charge in [-0.05, 0) is 0 Å². The van der Waals surface area contributed by atoms with Crippen molar-refractivity contribution in [3.05, 3.63) is 0 Å². The van der Waals surface area contributed by atoms with E-state index >= 15 is 0 Å². The molecule has 0 aromatic carbocycles. The zero-order valence-corrected chi connectivity index (χ0v) is 10.2. The Morgan fingerprint density at radius 3 is 0.750 bits per heavy atom. The van der Waals surface area contributed by atoms with Crippen LogP contribution in [-0.4, -0.2) is 0 Å². The van der Waals surface area contributed by atoms with Gasteiger partial charge in [0, 0.05) is 0 Å². The summed E-state index contributed by atoms with van der Waals surface area (Å²) in [6, 6.07) is 0. The summed E-state index contributed by atoms with van der Waals surface area (Å²) in [5.41, 5.74) is 0. The van der Waals surface area contributed by atoms with Crippen LogP contribution in [-0.2, 0) is 0 Å². The van der Waals surface area contributed by atoms with Crippen LogP contribution in [0, 0.1) is 0 Å². The molecule has 0 rings (SSSR count). The van der Waals surface area contributed by atoms with Gasteiger partial charge in [-0.1, -0.05) is 80.1 Å². The zero-order chi connectivity index (χ0) is 10.2. The lowest BCUT2D eigenvalue weighted by Crippen LogP contribution is -1.66. The lowest BCUT2D eigenvalue weighted by atomic mass is 10.2. The first-order valence-corrected chi connectivity index (χ1v) is 5.74. The van der Waals surface area contributed by atoms with Crippen LogP contribution < -0.4 is 0 Å². The Bertz CT molecular complexity index is 25.0. The quantitative estimate of drug-likeness (QED) is 0.501. The lowest BCUT2D eigenvalue weighted by molar-refractivity contribution is 0.702.